The summed E-state index contributed by atoms with van der Waals surface area (Å²) in [7, 11) is 0. The number of rotatable bonds is 2. The summed E-state index contributed by atoms with van der Waals surface area (Å²) in [6, 6.07) is 9.83. The molecule has 0 saturated heterocycles. The van der Waals surface area contributed by atoms with Crippen LogP contribution in [0.5, 0.6) is 0 Å². The highest BCUT2D eigenvalue weighted by Crippen LogP contribution is 2.26. The molecule has 102 valence electrons. The average molecular weight is 291 g/mol. The van der Waals surface area contributed by atoms with E-state index in [1.54, 1.807) is 0 Å². The molecule has 3 nitrogen and oxygen atoms in total. The monoisotopic (exact) mass is 290 g/mol. The van der Waals surface area contributed by atoms with E-state index in [0.717, 1.165) is 24.2 Å². The topological polar surface area (TPSA) is 41.1 Å². The third-order valence-corrected chi connectivity index (χ3v) is 3.65. The molecule has 2 aromatic rings. The van der Waals surface area contributed by atoms with Gasteiger partial charge in [-0.2, -0.15) is 0 Å². The first-order valence-corrected chi connectivity index (χ1v) is 6.65. The van der Waals surface area contributed by atoms with Crippen LogP contribution in [0.15, 0.2) is 36.4 Å². The maximum Gasteiger partial charge on any atom is 0.257 e. The van der Waals surface area contributed by atoms with Gasteiger partial charge in [0.2, 0.25) is 0 Å². The number of hydrogen-bond donors (Lipinski definition) is 2. The quantitative estimate of drug-likeness (QED) is 0.885. The summed E-state index contributed by atoms with van der Waals surface area (Å²) in [5.41, 5.74) is 3.06. The van der Waals surface area contributed by atoms with Gasteiger partial charge in [-0.25, -0.2) is 4.39 Å². The molecule has 0 spiro atoms. The van der Waals surface area contributed by atoms with Crippen LogP contribution in [0, 0.1) is 5.82 Å². The van der Waals surface area contributed by atoms with Crippen LogP contribution in [0.4, 0.5) is 15.8 Å². The number of amides is 1. The summed E-state index contributed by atoms with van der Waals surface area (Å²) in [4.78, 5) is 12.1. The maximum atomic E-state index is 13.3. The van der Waals surface area contributed by atoms with Crippen molar-refractivity contribution in [1.82, 2.24) is 0 Å². The average Bonchev–Trinajstić information content (AvgIpc) is 2.89. The zero-order valence-electron chi connectivity index (χ0n) is 10.5. The fourth-order valence-corrected chi connectivity index (χ4v) is 2.47. The molecule has 0 bridgehead atoms. The molecule has 0 radical (unpaired) electrons. The Morgan fingerprint density at radius 2 is 2.15 bits per heavy atom. The molecule has 0 fully saturated rings. The first kappa shape index (κ1) is 12.9. The van der Waals surface area contributed by atoms with Gasteiger partial charge in [-0.15, -0.1) is 0 Å². The minimum atomic E-state index is -0.600. The van der Waals surface area contributed by atoms with Gasteiger partial charge < -0.3 is 10.6 Å². The van der Waals surface area contributed by atoms with Crippen LogP contribution in [-0.2, 0) is 6.42 Å². The van der Waals surface area contributed by atoms with E-state index in [-0.39, 0.29) is 10.6 Å². The van der Waals surface area contributed by atoms with Crippen LogP contribution in [0.2, 0.25) is 5.02 Å². The standard InChI is InChI=1S/C15H12ClFN2O/c16-14-11(2-1-3-12(14)17)15(20)19-10-4-5-13-9(8-10)6-7-18-13/h1-5,8,18H,6-7H2,(H,19,20). The Labute approximate surface area is 120 Å². The molecule has 0 saturated carbocycles. The zero-order chi connectivity index (χ0) is 14.1. The summed E-state index contributed by atoms with van der Waals surface area (Å²) >= 11 is 5.80. The lowest BCUT2D eigenvalue weighted by molar-refractivity contribution is 0.102. The fraction of sp³-hybridized carbons (Fsp3) is 0.133. The molecule has 3 rings (SSSR count). The summed E-state index contributed by atoms with van der Waals surface area (Å²) in [6.45, 7) is 0.905. The van der Waals surface area contributed by atoms with Crippen molar-refractivity contribution < 1.29 is 9.18 Å². The number of hydrogen-bond acceptors (Lipinski definition) is 2. The fourth-order valence-electron chi connectivity index (χ4n) is 2.26. The second-order valence-electron chi connectivity index (χ2n) is 4.60. The summed E-state index contributed by atoms with van der Waals surface area (Å²) < 4.78 is 13.3. The molecule has 1 heterocycles. The van der Waals surface area contributed by atoms with Gasteiger partial charge in [-0.05, 0) is 42.3 Å². The SMILES string of the molecule is O=C(Nc1ccc2c(c1)CCN2)c1cccc(F)c1Cl. The van der Waals surface area contributed by atoms with Crippen LogP contribution in [-0.4, -0.2) is 12.5 Å². The third kappa shape index (κ3) is 2.34. The van der Waals surface area contributed by atoms with Gasteiger partial charge >= 0.3 is 0 Å². The highest BCUT2D eigenvalue weighted by molar-refractivity contribution is 6.34. The molecule has 1 amide bonds. The lowest BCUT2D eigenvalue weighted by Crippen LogP contribution is -2.13. The highest BCUT2D eigenvalue weighted by Gasteiger charge is 2.15. The molecule has 0 aliphatic carbocycles. The predicted molar refractivity (Wildman–Crippen MR) is 78.0 cm³/mol. The van der Waals surface area contributed by atoms with Crippen molar-refractivity contribution in [1.29, 1.82) is 0 Å². The molecule has 0 aromatic heterocycles. The van der Waals surface area contributed by atoms with E-state index in [9.17, 15) is 9.18 Å². The number of carbonyl (C=O) groups is 1. The van der Waals surface area contributed by atoms with Crippen molar-refractivity contribution in [3.05, 3.63) is 58.4 Å². The van der Waals surface area contributed by atoms with Crippen molar-refractivity contribution in [3.8, 4) is 0 Å². The smallest absolute Gasteiger partial charge is 0.257 e. The Morgan fingerprint density at radius 3 is 3.00 bits per heavy atom. The number of halogens is 2. The normalized spacial score (nSPS) is 12.7. The summed E-state index contributed by atoms with van der Waals surface area (Å²) in [5.74, 6) is -1.02. The van der Waals surface area contributed by atoms with Gasteiger partial charge in [0.1, 0.15) is 5.82 Å². The Hall–Kier alpha value is -2.07. The Bertz CT molecular complexity index is 688. The number of nitrogens with one attached hydrogen (secondary N) is 2. The molecular weight excluding hydrogens is 279 g/mol. The van der Waals surface area contributed by atoms with Crippen molar-refractivity contribution in [2.24, 2.45) is 0 Å². The number of carbonyl (C=O) groups excluding carboxylic acids is 1. The van der Waals surface area contributed by atoms with E-state index in [1.807, 2.05) is 18.2 Å². The van der Waals surface area contributed by atoms with Crippen LogP contribution < -0.4 is 10.6 Å². The van der Waals surface area contributed by atoms with E-state index in [1.165, 1.54) is 18.2 Å². The van der Waals surface area contributed by atoms with Crippen LogP contribution >= 0.6 is 11.6 Å². The number of fused-ring (bicyclic) bond motifs is 1. The van der Waals surface area contributed by atoms with Crippen molar-refractivity contribution in [2.75, 3.05) is 17.2 Å². The van der Waals surface area contributed by atoms with Crippen LogP contribution in [0.25, 0.3) is 0 Å². The molecule has 5 heteroatoms. The van der Waals surface area contributed by atoms with Crippen molar-refractivity contribution >= 4 is 28.9 Å². The number of anilines is 2. The Morgan fingerprint density at radius 1 is 1.30 bits per heavy atom. The minimum absolute atomic E-state index is 0.130. The van der Waals surface area contributed by atoms with Gasteiger partial charge in [0, 0.05) is 17.9 Å². The molecule has 20 heavy (non-hydrogen) atoms. The molecule has 0 atom stereocenters. The van der Waals surface area contributed by atoms with E-state index >= 15 is 0 Å². The molecule has 1 aliphatic heterocycles. The van der Waals surface area contributed by atoms with Gasteiger partial charge in [-0.1, -0.05) is 17.7 Å². The molecule has 1 aliphatic rings. The largest absolute Gasteiger partial charge is 0.384 e. The maximum absolute atomic E-state index is 13.3. The van der Waals surface area contributed by atoms with E-state index in [0.29, 0.717) is 5.69 Å². The summed E-state index contributed by atoms with van der Waals surface area (Å²) in [5, 5.41) is 5.82. The van der Waals surface area contributed by atoms with Crippen LogP contribution in [0.3, 0.4) is 0 Å². The van der Waals surface area contributed by atoms with Crippen LogP contribution in [0.1, 0.15) is 15.9 Å². The lowest BCUT2D eigenvalue weighted by atomic mass is 10.1. The Kier molecular flexibility index (Phi) is 3.32. The van der Waals surface area contributed by atoms with E-state index in [4.69, 9.17) is 11.6 Å². The van der Waals surface area contributed by atoms with Gasteiger partial charge in [-0.3, -0.25) is 4.79 Å². The third-order valence-electron chi connectivity index (χ3n) is 3.27. The van der Waals surface area contributed by atoms with Crippen molar-refractivity contribution in [2.45, 2.75) is 6.42 Å². The molecule has 0 unspecified atom stereocenters. The first-order valence-electron chi connectivity index (χ1n) is 6.27. The van der Waals surface area contributed by atoms with Gasteiger partial charge in [0.25, 0.3) is 5.91 Å². The van der Waals surface area contributed by atoms with Gasteiger partial charge in [0.15, 0.2) is 0 Å². The second kappa shape index (κ2) is 5.13. The van der Waals surface area contributed by atoms with E-state index < -0.39 is 11.7 Å². The van der Waals surface area contributed by atoms with Crippen molar-refractivity contribution in [3.63, 3.8) is 0 Å². The Balaban J connectivity index is 1.84. The summed E-state index contributed by atoms with van der Waals surface area (Å²) in [6.07, 6.45) is 0.930. The second-order valence-corrected chi connectivity index (χ2v) is 4.98. The van der Waals surface area contributed by atoms with Gasteiger partial charge in [0.05, 0.1) is 10.6 Å². The lowest BCUT2D eigenvalue weighted by Gasteiger charge is -2.08. The predicted octanol–water partition coefficient (Wildman–Crippen LogP) is 3.70. The van der Waals surface area contributed by atoms with E-state index in [2.05, 4.69) is 10.6 Å². The molecule has 2 aromatic carbocycles. The first-order chi connectivity index (χ1) is 9.65. The molecular formula is C15H12ClFN2O. The highest BCUT2D eigenvalue weighted by atomic mass is 35.5. The number of benzene rings is 2. The molecule has 2 N–H and O–H groups in total. The minimum Gasteiger partial charge on any atom is -0.384 e. The zero-order valence-corrected chi connectivity index (χ0v) is 11.3.